The Bertz CT molecular complexity index is 367. The summed E-state index contributed by atoms with van der Waals surface area (Å²) in [5, 5.41) is 9.30. The molecule has 1 fully saturated rings. The molecule has 86 valence electrons. The molecule has 1 saturated heterocycles. The number of aromatic nitrogens is 1. The third kappa shape index (κ3) is 1.93. The molecule has 1 aliphatic heterocycles. The number of carbonyl (C=O) groups is 1. The van der Waals surface area contributed by atoms with Gasteiger partial charge in [0, 0.05) is 24.5 Å². The fraction of sp³-hybridized carbons (Fsp3) is 0.500. The lowest BCUT2D eigenvalue weighted by molar-refractivity contribution is 0.0648. The van der Waals surface area contributed by atoms with Crippen LogP contribution in [0.25, 0.3) is 0 Å². The standard InChI is InChI=1S/C12H16N2O2/c1-9-4-7-14(11(9)8-15)12(16)10-2-5-13-6-3-10/h2-3,5-6,9,11,15H,4,7-8H2,1H3. The molecule has 1 N–H and O–H groups in total. The Morgan fingerprint density at radius 3 is 2.88 bits per heavy atom. The zero-order valence-corrected chi connectivity index (χ0v) is 9.34. The minimum atomic E-state index is -0.0411. The van der Waals surface area contributed by atoms with Crippen molar-refractivity contribution in [2.45, 2.75) is 19.4 Å². The van der Waals surface area contributed by atoms with E-state index in [1.165, 1.54) is 0 Å². The molecule has 2 rings (SSSR count). The Kier molecular flexibility index (Phi) is 3.19. The first kappa shape index (κ1) is 11.1. The first-order valence-electron chi connectivity index (χ1n) is 5.56. The highest BCUT2D eigenvalue weighted by Crippen LogP contribution is 2.25. The van der Waals surface area contributed by atoms with E-state index < -0.39 is 0 Å². The summed E-state index contributed by atoms with van der Waals surface area (Å²) in [6.45, 7) is 2.84. The molecule has 4 nitrogen and oxygen atoms in total. The van der Waals surface area contributed by atoms with E-state index in [0.29, 0.717) is 11.5 Å². The summed E-state index contributed by atoms with van der Waals surface area (Å²) in [7, 11) is 0. The zero-order chi connectivity index (χ0) is 11.5. The summed E-state index contributed by atoms with van der Waals surface area (Å²) in [6.07, 6.45) is 4.18. The number of carbonyl (C=O) groups excluding carboxylic acids is 1. The van der Waals surface area contributed by atoms with Crippen LogP contribution in [0.2, 0.25) is 0 Å². The van der Waals surface area contributed by atoms with Gasteiger partial charge in [0.15, 0.2) is 0 Å². The Morgan fingerprint density at radius 1 is 1.56 bits per heavy atom. The molecule has 0 bridgehead atoms. The number of likely N-dealkylation sites (tertiary alicyclic amines) is 1. The largest absolute Gasteiger partial charge is 0.394 e. The Morgan fingerprint density at radius 2 is 2.25 bits per heavy atom. The number of hydrogen-bond acceptors (Lipinski definition) is 3. The van der Waals surface area contributed by atoms with Crippen LogP contribution < -0.4 is 0 Å². The van der Waals surface area contributed by atoms with Crippen LogP contribution in [0.1, 0.15) is 23.7 Å². The average molecular weight is 220 g/mol. The van der Waals surface area contributed by atoms with Crippen molar-refractivity contribution < 1.29 is 9.90 Å². The van der Waals surface area contributed by atoms with Crippen molar-refractivity contribution in [3.8, 4) is 0 Å². The average Bonchev–Trinajstić information content (AvgIpc) is 2.70. The first-order valence-corrected chi connectivity index (χ1v) is 5.56. The van der Waals surface area contributed by atoms with Gasteiger partial charge in [-0.25, -0.2) is 0 Å². The second-order valence-electron chi connectivity index (χ2n) is 4.25. The van der Waals surface area contributed by atoms with Gasteiger partial charge in [0.05, 0.1) is 12.6 Å². The van der Waals surface area contributed by atoms with Gasteiger partial charge in [0.1, 0.15) is 0 Å². The van der Waals surface area contributed by atoms with E-state index in [1.54, 1.807) is 29.4 Å². The molecule has 0 aromatic carbocycles. The first-order chi connectivity index (χ1) is 7.74. The number of rotatable bonds is 2. The third-order valence-electron chi connectivity index (χ3n) is 3.26. The van der Waals surface area contributed by atoms with E-state index in [1.807, 2.05) is 0 Å². The highest BCUT2D eigenvalue weighted by molar-refractivity contribution is 5.94. The van der Waals surface area contributed by atoms with Gasteiger partial charge in [-0.2, -0.15) is 0 Å². The number of hydrogen-bond donors (Lipinski definition) is 1. The van der Waals surface area contributed by atoms with Gasteiger partial charge >= 0.3 is 0 Å². The summed E-state index contributed by atoms with van der Waals surface area (Å²) in [5.41, 5.74) is 0.641. The normalized spacial score (nSPS) is 24.8. The van der Waals surface area contributed by atoms with Gasteiger partial charge in [-0.1, -0.05) is 6.92 Å². The fourth-order valence-corrected chi connectivity index (χ4v) is 2.20. The van der Waals surface area contributed by atoms with Crippen molar-refractivity contribution in [3.05, 3.63) is 30.1 Å². The molecule has 0 spiro atoms. The minimum Gasteiger partial charge on any atom is -0.394 e. The van der Waals surface area contributed by atoms with Gasteiger partial charge in [-0.05, 0) is 24.5 Å². The van der Waals surface area contributed by atoms with Crippen molar-refractivity contribution in [2.24, 2.45) is 5.92 Å². The molecule has 2 atom stereocenters. The molecule has 0 saturated carbocycles. The molecular formula is C12H16N2O2. The number of pyridine rings is 1. The van der Waals surface area contributed by atoms with Crippen LogP contribution in [0.5, 0.6) is 0 Å². The molecule has 1 aliphatic rings. The lowest BCUT2D eigenvalue weighted by Gasteiger charge is -2.25. The van der Waals surface area contributed by atoms with Crippen molar-refractivity contribution in [1.82, 2.24) is 9.88 Å². The van der Waals surface area contributed by atoms with Gasteiger partial charge in [-0.15, -0.1) is 0 Å². The smallest absolute Gasteiger partial charge is 0.254 e. The second-order valence-corrected chi connectivity index (χ2v) is 4.25. The lowest BCUT2D eigenvalue weighted by Crippen LogP contribution is -2.39. The van der Waals surface area contributed by atoms with Gasteiger partial charge in [0.2, 0.25) is 0 Å². The van der Waals surface area contributed by atoms with Crippen molar-refractivity contribution in [1.29, 1.82) is 0 Å². The summed E-state index contributed by atoms with van der Waals surface area (Å²) < 4.78 is 0. The van der Waals surface area contributed by atoms with Gasteiger partial charge in [-0.3, -0.25) is 9.78 Å². The van der Waals surface area contributed by atoms with E-state index in [9.17, 15) is 9.90 Å². The topological polar surface area (TPSA) is 53.4 Å². The summed E-state index contributed by atoms with van der Waals surface area (Å²) >= 11 is 0. The predicted molar refractivity (Wildman–Crippen MR) is 59.9 cm³/mol. The van der Waals surface area contributed by atoms with E-state index >= 15 is 0 Å². The number of nitrogens with zero attached hydrogens (tertiary/aromatic N) is 2. The second kappa shape index (κ2) is 4.61. The maximum absolute atomic E-state index is 12.1. The molecule has 4 heteroatoms. The maximum atomic E-state index is 12.1. The SMILES string of the molecule is CC1CCN(C(=O)c2ccncc2)C1CO. The summed E-state index contributed by atoms with van der Waals surface area (Å²) in [4.78, 5) is 17.8. The molecule has 1 aromatic rings. The number of amides is 1. The fourth-order valence-electron chi connectivity index (χ4n) is 2.20. The minimum absolute atomic E-state index is 0.00852. The van der Waals surface area contributed by atoms with Crippen LogP contribution in [0.3, 0.4) is 0 Å². The summed E-state index contributed by atoms with van der Waals surface area (Å²) in [6, 6.07) is 3.38. The Labute approximate surface area is 94.9 Å². The van der Waals surface area contributed by atoms with E-state index in [0.717, 1.165) is 13.0 Å². The van der Waals surface area contributed by atoms with Gasteiger partial charge < -0.3 is 10.0 Å². The van der Waals surface area contributed by atoms with E-state index in [4.69, 9.17) is 0 Å². The molecule has 1 amide bonds. The van der Waals surface area contributed by atoms with Crippen molar-refractivity contribution in [2.75, 3.05) is 13.2 Å². The van der Waals surface area contributed by atoms with Crippen LogP contribution in [-0.2, 0) is 0 Å². The van der Waals surface area contributed by atoms with Crippen molar-refractivity contribution >= 4 is 5.91 Å². The molecule has 16 heavy (non-hydrogen) atoms. The highest BCUT2D eigenvalue weighted by atomic mass is 16.3. The van der Waals surface area contributed by atoms with Crippen LogP contribution in [0.4, 0.5) is 0 Å². The van der Waals surface area contributed by atoms with Gasteiger partial charge in [0.25, 0.3) is 5.91 Å². The zero-order valence-electron chi connectivity index (χ0n) is 9.34. The monoisotopic (exact) mass is 220 g/mol. The molecular weight excluding hydrogens is 204 g/mol. The molecule has 0 radical (unpaired) electrons. The molecule has 1 aromatic heterocycles. The highest BCUT2D eigenvalue weighted by Gasteiger charge is 2.34. The quantitative estimate of drug-likeness (QED) is 0.806. The van der Waals surface area contributed by atoms with Crippen LogP contribution in [0.15, 0.2) is 24.5 Å². The third-order valence-corrected chi connectivity index (χ3v) is 3.26. The van der Waals surface area contributed by atoms with Crippen LogP contribution in [-0.4, -0.2) is 40.1 Å². The molecule has 0 aliphatic carbocycles. The maximum Gasteiger partial charge on any atom is 0.254 e. The Balaban J connectivity index is 2.17. The molecule has 2 unspecified atom stereocenters. The number of aliphatic hydroxyl groups is 1. The van der Waals surface area contributed by atoms with Crippen molar-refractivity contribution in [3.63, 3.8) is 0 Å². The van der Waals surface area contributed by atoms with E-state index in [2.05, 4.69) is 11.9 Å². The summed E-state index contributed by atoms with van der Waals surface area (Å²) in [5.74, 6) is 0.363. The predicted octanol–water partition coefficient (Wildman–Crippen LogP) is 0.924. The van der Waals surface area contributed by atoms with Crippen LogP contribution >= 0.6 is 0 Å². The number of aliphatic hydroxyl groups excluding tert-OH is 1. The lowest BCUT2D eigenvalue weighted by atomic mass is 10.0. The van der Waals surface area contributed by atoms with Crippen LogP contribution in [0, 0.1) is 5.92 Å². The Hall–Kier alpha value is -1.42. The molecule has 2 heterocycles. The van der Waals surface area contributed by atoms with E-state index in [-0.39, 0.29) is 18.6 Å².